The summed E-state index contributed by atoms with van der Waals surface area (Å²) in [7, 11) is 0. The van der Waals surface area contributed by atoms with Crippen LogP contribution >= 0.6 is 11.6 Å². The topological polar surface area (TPSA) is 73.5 Å². The van der Waals surface area contributed by atoms with Crippen molar-refractivity contribution >= 4 is 40.6 Å². The number of halogens is 1. The Morgan fingerprint density at radius 2 is 1.57 bits per heavy atom. The average molecular weight is 491 g/mol. The van der Waals surface area contributed by atoms with Gasteiger partial charge in [-0.05, 0) is 74.1 Å². The van der Waals surface area contributed by atoms with E-state index in [1.54, 1.807) is 18.2 Å². The SMILES string of the molecule is Cc1ccc(NC(=O)Nc2ccc(N3CCCCC3)c(C(=O)NCCc3ccccc3)c2)cc1Cl. The molecule has 0 saturated carbocycles. The van der Waals surface area contributed by atoms with Crippen molar-refractivity contribution in [1.82, 2.24) is 5.32 Å². The molecule has 0 aromatic heterocycles. The highest BCUT2D eigenvalue weighted by molar-refractivity contribution is 6.31. The minimum atomic E-state index is -0.397. The lowest BCUT2D eigenvalue weighted by molar-refractivity contribution is 0.0954. The molecule has 0 bridgehead atoms. The molecule has 3 amide bonds. The number of rotatable bonds is 7. The monoisotopic (exact) mass is 490 g/mol. The predicted octanol–water partition coefficient (Wildman–Crippen LogP) is 6.26. The van der Waals surface area contributed by atoms with Gasteiger partial charge in [-0.3, -0.25) is 4.79 Å². The molecule has 0 radical (unpaired) electrons. The average Bonchev–Trinajstić information content (AvgIpc) is 2.87. The Hall–Kier alpha value is -3.51. The van der Waals surface area contributed by atoms with Gasteiger partial charge in [0.2, 0.25) is 0 Å². The molecule has 1 heterocycles. The third-order valence-electron chi connectivity index (χ3n) is 6.17. The van der Waals surface area contributed by atoms with Crippen LogP contribution in [0.1, 0.15) is 40.7 Å². The first-order chi connectivity index (χ1) is 17.0. The Labute approximate surface area is 211 Å². The molecule has 0 aliphatic carbocycles. The van der Waals surface area contributed by atoms with E-state index in [-0.39, 0.29) is 5.91 Å². The number of hydrogen-bond acceptors (Lipinski definition) is 3. The third-order valence-corrected chi connectivity index (χ3v) is 6.57. The number of amides is 3. The zero-order valence-corrected chi connectivity index (χ0v) is 20.7. The lowest BCUT2D eigenvalue weighted by atomic mass is 10.1. The highest BCUT2D eigenvalue weighted by Gasteiger charge is 2.20. The van der Waals surface area contributed by atoms with E-state index in [1.807, 2.05) is 43.3 Å². The Morgan fingerprint density at radius 3 is 2.29 bits per heavy atom. The number of nitrogens with one attached hydrogen (secondary N) is 3. The summed E-state index contributed by atoms with van der Waals surface area (Å²) in [5, 5.41) is 9.27. The number of hydrogen-bond donors (Lipinski definition) is 3. The van der Waals surface area contributed by atoms with E-state index < -0.39 is 6.03 Å². The van der Waals surface area contributed by atoms with Crippen LogP contribution < -0.4 is 20.9 Å². The Balaban J connectivity index is 1.47. The molecule has 3 aromatic carbocycles. The van der Waals surface area contributed by atoms with E-state index in [4.69, 9.17) is 11.6 Å². The van der Waals surface area contributed by atoms with Gasteiger partial charge < -0.3 is 20.9 Å². The van der Waals surface area contributed by atoms with Gasteiger partial charge in [-0.15, -0.1) is 0 Å². The van der Waals surface area contributed by atoms with Gasteiger partial charge in [0.25, 0.3) is 5.91 Å². The lowest BCUT2D eigenvalue weighted by Crippen LogP contribution is -2.33. The zero-order chi connectivity index (χ0) is 24.6. The summed E-state index contributed by atoms with van der Waals surface area (Å²) in [6, 6.07) is 20.6. The number of nitrogens with zero attached hydrogens (tertiary/aromatic N) is 1. The number of carbonyl (C=O) groups is 2. The van der Waals surface area contributed by atoms with Gasteiger partial charge in [0, 0.05) is 41.7 Å². The molecule has 0 spiro atoms. The Kier molecular flexibility index (Phi) is 8.27. The first-order valence-corrected chi connectivity index (χ1v) is 12.4. The van der Waals surface area contributed by atoms with Crippen LogP contribution in [0.2, 0.25) is 5.02 Å². The molecule has 1 aliphatic rings. The quantitative estimate of drug-likeness (QED) is 0.366. The first kappa shape index (κ1) is 24.6. The second kappa shape index (κ2) is 11.8. The number of aryl methyl sites for hydroxylation is 1. The number of benzene rings is 3. The fourth-order valence-corrected chi connectivity index (χ4v) is 4.41. The van der Waals surface area contributed by atoms with Gasteiger partial charge in [-0.1, -0.05) is 48.0 Å². The van der Waals surface area contributed by atoms with Crippen LogP contribution in [0.5, 0.6) is 0 Å². The Morgan fingerprint density at radius 1 is 0.886 bits per heavy atom. The highest BCUT2D eigenvalue weighted by Crippen LogP contribution is 2.28. The molecule has 1 fully saturated rings. The van der Waals surface area contributed by atoms with Crippen LogP contribution in [0.15, 0.2) is 66.7 Å². The summed E-state index contributed by atoms with van der Waals surface area (Å²) >= 11 is 6.16. The van der Waals surface area contributed by atoms with E-state index in [0.717, 1.165) is 43.6 Å². The second-order valence-electron chi connectivity index (χ2n) is 8.81. The molecule has 0 atom stereocenters. The summed E-state index contributed by atoms with van der Waals surface area (Å²) < 4.78 is 0. The standard InChI is InChI=1S/C28H31ClN4O2/c1-20-10-11-23(19-25(20)29)32-28(35)31-22-12-13-26(33-16-6-3-7-17-33)24(18-22)27(34)30-15-14-21-8-4-2-5-9-21/h2,4-5,8-13,18-19H,3,6-7,14-17H2,1H3,(H,30,34)(H2,31,32,35). The minimum Gasteiger partial charge on any atom is -0.371 e. The highest BCUT2D eigenvalue weighted by atomic mass is 35.5. The van der Waals surface area contributed by atoms with E-state index >= 15 is 0 Å². The number of carbonyl (C=O) groups excluding carboxylic acids is 2. The molecule has 4 rings (SSSR count). The lowest BCUT2D eigenvalue weighted by Gasteiger charge is -2.30. The zero-order valence-electron chi connectivity index (χ0n) is 19.9. The third kappa shape index (κ3) is 6.76. The van der Waals surface area contributed by atoms with E-state index in [2.05, 4.69) is 33.0 Å². The molecule has 0 unspecified atom stereocenters. The number of piperidine rings is 1. The number of urea groups is 1. The molecule has 6 nitrogen and oxygen atoms in total. The number of anilines is 3. The van der Waals surface area contributed by atoms with Gasteiger partial charge in [0.15, 0.2) is 0 Å². The summed E-state index contributed by atoms with van der Waals surface area (Å²) in [6.45, 7) is 4.29. The van der Waals surface area contributed by atoms with Crippen molar-refractivity contribution < 1.29 is 9.59 Å². The second-order valence-corrected chi connectivity index (χ2v) is 9.22. The summed E-state index contributed by atoms with van der Waals surface area (Å²) in [4.78, 5) is 28.1. The normalized spacial score (nSPS) is 13.3. The molecule has 1 saturated heterocycles. The predicted molar refractivity (Wildman–Crippen MR) is 144 cm³/mol. The first-order valence-electron chi connectivity index (χ1n) is 12.0. The van der Waals surface area contributed by atoms with Crippen molar-refractivity contribution in [3.63, 3.8) is 0 Å². The largest absolute Gasteiger partial charge is 0.371 e. The van der Waals surface area contributed by atoms with Gasteiger partial charge >= 0.3 is 6.03 Å². The van der Waals surface area contributed by atoms with Crippen molar-refractivity contribution in [3.8, 4) is 0 Å². The fraction of sp³-hybridized carbons (Fsp3) is 0.286. The summed E-state index contributed by atoms with van der Waals surface area (Å²) in [5.74, 6) is -0.143. The van der Waals surface area contributed by atoms with Crippen LogP contribution in [0.25, 0.3) is 0 Å². The smallest absolute Gasteiger partial charge is 0.323 e. The maximum atomic E-state index is 13.2. The fourth-order valence-electron chi connectivity index (χ4n) is 4.23. The van der Waals surface area contributed by atoms with Crippen LogP contribution in [-0.4, -0.2) is 31.6 Å². The van der Waals surface area contributed by atoms with Crippen LogP contribution in [0, 0.1) is 6.92 Å². The molecular weight excluding hydrogens is 460 g/mol. The summed E-state index contributed by atoms with van der Waals surface area (Å²) in [5.41, 5.74) is 4.73. The molecule has 3 N–H and O–H groups in total. The maximum absolute atomic E-state index is 13.2. The minimum absolute atomic E-state index is 0.143. The van der Waals surface area contributed by atoms with E-state index in [9.17, 15) is 9.59 Å². The molecule has 182 valence electrons. The van der Waals surface area contributed by atoms with E-state index in [0.29, 0.717) is 28.5 Å². The van der Waals surface area contributed by atoms with Crippen LogP contribution in [0.4, 0.5) is 21.9 Å². The van der Waals surface area contributed by atoms with Crippen molar-refractivity contribution in [2.45, 2.75) is 32.6 Å². The summed E-state index contributed by atoms with van der Waals surface area (Å²) in [6.07, 6.45) is 4.18. The van der Waals surface area contributed by atoms with E-state index in [1.165, 1.54) is 12.0 Å². The van der Waals surface area contributed by atoms with Crippen molar-refractivity contribution in [1.29, 1.82) is 0 Å². The Bertz CT molecular complexity index is 1180. The van der Waals surface area contributed by atoms with Crippen LogP contribution in [-0.2, 0) is 6.42 Å². The van der Waals surface area contributed by atoms with Crippen LogP contribution in [0.3, 0.4) is 0 Å². The van der Waals surface area contributed by atoms with Crippen molar-refractivity contribution in [3.05, 3.63) is 88.4 Å². The molecule has 1 aliphatic heterocycles. The van der Waals surface area contributed by atoms with Crippen molar-refractivity contribution in [2.24, 2.45) is 0 Å². The molecule has 7 heteroatoms. The maximum Gasteiger partial charge on any atom is 0.323 e. The molecular formula is C28H31ClN4O2. The van der Waals surface area contributed by atoms with Crippen molar-refractivity contribution in [2.75, 3.05) is 35.2 Å². The molecule has 3 aromatic rings. The molecule has 35 heavy (non-hydrogen) atoms. The van der Waals surface area contributed by atoms with Gasteiger partial charge in [-0.2, -0.15) is 0 Å². The van der Waals surface area contributed by atoms with Gasteiger partial charge in [0.05, 0.1) is 5.56 Å². The van der Waals surface area contributed by atoms with Gasteiger partial charge in [0.1, 0.15) is 0 Å². The van der Waals surface area contributed by atoms with Gasteiger partial charge in [-0.25, -0.2) is 4.79 Å².